The van der Waals surface area contributed by atoms with E-state index in [1.807, 2.05) is 6.92 Å². The van der Waals surface area contributed by atoms with Gasteiger partial charge in [-0.25, -0.2) is 13.9 Å². The van der Waals surface area contributed by atoms with Crippen molar-refractivity contribution in [2.75, 3.05) is 6.54 Å². The number of rotatable bonds is 6. The van der Waals surface area contributed by atoms with Gasteiger partial charge >= 0.3 is 0 Å². The Morgan fingerprint density at radius 2 is 2.07 bits per heavy atom. The summed E-state index contributed by atoms with van der Waals surface area (Å²) in [5.41, 5.74) is 1.50. The Morgan fingerprint density at radius 1 is 1.41 bits per heavy atom. The van der Waals surface area contributed by atoms with E-state index in [1.165, 1.54) is 29.7 Å². The summed E-state index contributed by atoms with van der Waals surface area (Å²) in [7, 11) is -3.88. The van der Waals surface area contributed by atoms with E-state index < -0.39 is 33.1 Å². The summed E-state index contributed by atoms with van der Waals surface area (Å²) in [6.07, 6.45) is -0.909. The topological polar surface area (TPSA) is 125 Å². The number of ether oxygens (including phenoxy) is 1. The third-order valence-electron chi connectivity index (χ3n) is 4.40. The SMILES string of the molecule is CC#CC(CC)Oc1ccc(S(=O)(=O)C2CC(C(=O)NO)NCC2O)cc1. The van der Waals surface area contributed by atoms with E-state index in [0.717, 1.165) is 0 Å². The number of hydrogen-bond donors (Lipinski definition) is 4. The summed E-state index contributed by atoms with van der Waals surface area (Å²) in [6.45, 7) is 3.58. The highest BCUT2D eigenvalue weighted by Gasteiger charge is 2.41. The Balaban J connectivity index is 2.19. The van der Waals surface area contributed by atoms with Gasteiger partial charge in [-0.05, 0) is 44.0 Å². The molecule has 1 heterocycles. The number of sulfone groups is 1. The predicted molar refractivity (Wildman–Crippen MR) is 97.9 cm³/mol. The molecular formula is C18H24N2O6S. The van der Waals surface area contributed by atoms with Crippen LogP contribution in [0.2, 0.25) is 0 Å². The monoisotopic (exact) mass is 396 g/mol. The zero-order valence-electron chi connectivity index (χ0n) is 15.2. The quantitative estimate of drug-likeness (QED) is 0.308. The van der Waals surface area contributed by atoms with Gasteiger partial charge in [0.25, 0.3) is 5.91 Å². The van der Waals surface area contributed by atoms with Crippen LogP contribution in [0.25, 0.3) is 0 Å². The van der Waals surface area contributed by atoms with Crippen LogP contribution < -0.4 is 15.5 Å². The molecule has 27 heavy (non-hydrogen) atoms. The molecule has 9 heteroatoms. The van der Waals surface area contributed by atoms with E-state index in [9.17, 15) is 18.3 Å². The van der Waals surface area contributed by atoms with Crippen molar-refractivity contribution in [3.63, 3.8) is 0 Å². The second-order valence-electron chi connectivity index (χ2n) is 6.20. The maximum atomic E-state index is 12.9. The normalized spacial score (nSPS) is 23.6. The van der Waals surface area contributed by atoms with E-state index in [-0.39, 0.29) is 24.0 Å². The van der Waals surface area contributed by atoms with Crippen LogP contribution in [0.15, 0.2) is 29.2 Å². The number of nitrogens with one attached hydrogen (secondary N) is 2. The lowest BCUT2D eigenvalue weighted by Crippen LogP contribution is -2.57. The highest BCUT2D eigenvalue weighted by molar-refractivity contribution is 7.92. The largest absolute Gasteiger partial charge is 0.478 e. The van der Waals surface area contributed by atoms with Crippen LogP contribution in [0.3, 0.4) is 0 Å². The van der Waals surface area contributed by atoms with Crippen LogP contribution in [-0.2, 0) is 14.6 Å². The van der Waals surface area contributed by atoms with Crippen LogP contribution in [0.5, 0.6) is 5.75 Å². The average Bonchev–Trinajstić information content (AvgIpc) is 2.67. The number of hydrogen-bond acceptors (Lipinski definition) is 7. The van der Waals surface area contributed by atoms with Crippen molar-refractivity contribution < 1.29 is 28.3 Å². The number of aliphatic hydroxyl groups excluding tert-OH is 1. The predicted octanol–water partition coefficient (Wildman–Crippen LogP) is 0.238. The number of β-amino-alcohol motifs (C(OH)–C–C–N with tert-alkyl or cyclic N) is 1. The molecule has 1 aliphatic rings. The van der Waals surface area contributed by atoms with Gasteiger partial charge in [0.2, 0.25) is 0 Å². The summed E-state index contributed by atoms with van der Waals surface area (Å²) >= 11 is 0. The fourth-order valence-corrected chi connectivity index (χ4v) is 4.72. The molecule has 0 aliphatic carbocycles. The third-order valence-corrected chi connectivity index (χ3v) is 6.64. The molecule has 1 aromatic carbocycles. The second kappa shape index (κ2) is 9.19. The van der Waals surface area contributed by atoms with Crippen LogP contribution in [0.1, 0.15) is 26.7 Å². The molecule has 1 aliphatic heterocycles. The van der Waals surface area contributed by atoms with E-state index in [4.69, 9.17) is 9.94 Å². The number of carbonyl (C=O) groups excluding carboxylic acids is 1. The number of carbonyl (C=O) groups is 1. The van der Waals surface area contributed by atoms with Gasteiger partial charge < -0.3 is 15.2 Å². The van der Waals surface area contributed by atoms with Crippen molar-refractivity contribution in [2.24, 2.45) is 0 Å². The van der Waals surface area contributed by atoms with Gasteiger partial charge in [-0.2, -0.15) is 0 Å². The molecule has 148 valence electrons. The first-order valence-corrected chi connectivity index (χ1v) is 10.2. The maximum absolute atomic E-state index is 12.9. The summed E-state index contributed by atoms with van der Waals surface area (Å²) in [5.74, 6) is 5.45. The smallest absolute Gasteiger partial charge is 0.260 e. The van der Waals surface area contributed by atoms with Crippen molar-refractivity contribution in [2.45, 2.75) is 55.1 Å². The van der Waals surface area contributed by atoms with Crippen molar-refractivity contribution in [1.82, 2.24) is 10.8 Å². The van der Waals surface area contributed by atoms with Gasteiger partial charge in [0.15, 0.2) is 15.9 Å². The number of piperidine rings is 1. The Labute approximate surface area is 158 Å². The lowest BCUT2D eigenvalue weighted by atomic mass is 10.0. The van der Waals surface area contributed by atoms with E-state index >= 15 is 0 Å². The summed E-state index contributed by atoms with van der Waals surface area (Å²) in [6, 6.07) is 4.99. The Morgan fingerprint density at radius 3 is 2.63 bits per heavy atom. The number of hydroxylamine groups is 1. The van der Waals surface area contributed by atoms with Gasteiger partial charge in [0.05, 0.1) is 22.3 Å². The first-order chi connectivity index (χ1) is 12.8. The van der Waals surface area contributed by atoms with E-state index in [2.05, 4.69) is 17.2 Å². The van der Waals surface area contributed by atoms with Gasteiger partial charge in [-0.1, -0.05) is 12.8 Å². The summed E-state index contributed by atoms with van der Waals surface area (Å²) in [5, 5.41) is 20.4. The molecule has 0 saturated carbocycles. The minimum Gasteiger partial charge on any atom is -0.478 e. The van der Waals surface area contributed by atoms with Crippen LogP contribution in [-0.4, -0.2) is 54.7 Å². The highest BCUT2D eigenvalue weighted by Crippen LogP contribution is 2.26. The van der Waals surface area contributed by atoms with Gasteiger partial charge in [0, 0.05) is 6.54 Å². The molecule has 0 aromatic heterocycles. The zero-order valence-corrected chi connectivity index (χ0v) is 16.0. The Hall–Kier alpha value is -2.12. The molecule has 0 radical (unpaired) electrons. The molecule has 8 nitrogen and oxygen atoms in total. The van der Waals surface area contributed by atoms with E-state index in [0.29, 0.717) is 12.2 Å². The number of benzene rings is 1. The van der Waals surface area contributed by atoms with Crippen molar-refractivity contribution in [1.29, 1.82) is 0 Å². The number of aliphatic hydroxyl groups is 1. The standard InChI is InChI=1S/C18H24N2O6S/c1-3-5-12(4-2)26-13-6-8-14(9-7-13)27(24,25)17-10-15(18(22)20-23)19-11-16(17)21/h6-9,12,15-17,19,21,23H,4,10-11H2,1-2H3,(H,20,22). The minimum atomic E-state index is -3.88. The fraction of sp³-hybridized carbons (Fsp3) is 0.500. The molecule has 0 spiro atoms. The maximum Gasteiger partial charge on any atom is 0.260 e. The first-order valence-electron chi connectivity index (χ1n) is 8.61. The van der Waals surface area contributed by atoms with Gasteiger partial charge in [0.1, 0.15) is 5.75 Å². The van der Waals surface area contributed by atoms with Crippen LogP contribution >= 0.6 is 0 Å². The molecule has 1 saturated heterocycles. The van der Waals surface area contributed by atoms with Crippen molar-refractivity contribution >= 4 is 15.7 Å². The Bertz CT molecular complexity index is 812. The van der Waals surface area contributed by atoms with Crippen molar-refractivity contribution in [3.05, 3.63) is 24.3 Å². The minimum absolute atomic E-state index is 0.0265. The molecule has 1 amide bonds. The molecule has 4 N–H and O–H groups in total. The molecule has 4 atom stereocenters. The molecule has 1 aromatic rings. The number of amides is 1. The van der Waals surface area contributed by atoms with E-state index in [1.54, 1.807) is 6.92 Å². The zero-order chi connectivity index (χ0) is 20.0. The molecular weight excluding hydrogens is 372 g/mol. The Kier molecular flexibility index (Phi) is 7.21. The van der Waals surface area contributed by atoms with Gasteiger partial charge in [-0.3, -0.25) is 10.0 Å². The third kappa shape index (κ3) is 4.99. The average molecular weight is 396 g/mol. The summed E-state index contributed by atoms with van der Waals surface area (Å²) in [4.78, 5) is 11.6. The first kappa shape index (κ1) is 21.2. The molecule has 1 fully saturated rings. The lowest BCUT2D eigenvalue weighted by Gasteiger charge is -2.32. The second-order valence-corrected chi connectivity index (χ2v) is 8.37. The summed E-state index contributed by atoms with van der Waals surface area (Å²) < 4.78 is 31.5. The van der Waals surface area contributed by atoms with Crippen molar-refractivity contribution in [3.8, 4) is 17.6 Å². The molecule has 2 rings (SSSR count). The molecule has 0 bridgehead atoms. The van der Waals surface area contributed by atoms with Crippen LogP contribution in [0, 0.1) is 11.8 Å². The van der Waals surface area contributed by atoms with Gasteiger partial charge in [-0.15, -0.1) is 5.92 Å². The highest BCUT2D eigenvalue weighted by atomic mass is 32.2. The molecule has 4 unspecified atom stereocenters. The van der Waals surface area contributed by atoms with Crippen LogP contribution in [0.4, 0.5) is 0 Å². The lowest BCUT2D eigenvalue weighted by molar-refractivity contribution is -0.132. The fourth-order valence-electron chi connectivity index (χ4n) is 2.90.